The maximum Gasteiger partial charge on any atom is 0.137 e. The van der Waals surface area contributed by atoms with Gasteiger partial charge in [-0.25, -0.2) is 9.98 Å². The summed E-state index contributed by atoms with van der Waals surface area (Å²) in [7, 11) is 0. The SMILES string of the molecule is C=C/C=N\C(=C/C)n1c2ccccc2c2c1ccc1c3ccccc3n(-c3ccccn3)c12. The second-order valence-electron chi connectivity index (χ2n) is 7.91. The number of aliphatic imine (C=N–C) groups is 1. The standard InChI is InChI=1S/C29H22N4/c1-3-18-30-26(4-2)32-24-14-8-6-12-22(24)28-25(32)17-16-21-20-11-5-7-13-23(20)33(29(21)28)27-15-9-10-19-31-27/h3-19H,1H2,2H3/b26-4+,30-18-. The summed E-state index contributed by atoms with van der Waals surface area (Å²) in [6.45, 7) is 5.80. The van der Waals surface area contributed by atoms with Crippen LogP contribution >= 0.6 is 0 Å². The monoisotopic (exact) mass is 426 g/mol. The van der Waals surface area contributed by atoms with E-state index in [0.717, 1.165) is 33.7 Å². The molecule has 0 radical (unpaired) electrons. The predicted octanol–water partition coefficient (Wildman–Crippen LogP) is 7.36. The zero-order valence-electron chi connectivity index (χ0n) is 18.3. The molecule has 0 N–H and O–H groups in total. The summed E-state index contributed by atoms with van der Waals surface area (Å²) >= 11 is 0. The Morgan fingerprint density at radius 1 is 0.818 bits per heavy atom. The molecule has 0 aliphatic carbocycles. The highest BCUT2D eigenvalue weighted by molar-refractivity contribution is 6.26. The maximum absolute atomic E-state index is 4.72. The molecule has 3 aromatic carbocycles. The number of benzene rings is 3. The third-order valence-corrected chi connectivity index (χ3v) is 6.15. The fraction of sp³-hybridized carbons (Fsp3) is 0.0345. The van der Waals surface area contributed by atoms with Gasteiger partial charge in [0.25, 0.3) is 0 Å². The molecule has 0 aliphatic heterocycles. The molecule has 6 rings (SSSR count). The minimum atomic E-state index is 0.862. The van der Waals surface area contributed by atoms with Crippen molar-refractivity contribution in [2.24, 2.45) is 4.99 Å². The third-order valence-electron chi connectivity index (χ3n) is 6.15. The van der Waals surface area contributed by atoms with E-state index in [0.29, 0.717) is 0 Å². The Labute approximate surface area is 191 Å². The molecule has 0 fully saturated rings. The molecule has 0 atom stereocenters. The van der Waals surface area contributed by atoms with Gasteiger partial charge in [0, 0.05) is 34.0 Å². The van der Waals surface area contributed by atoms with Crippen molar-refractivity contribution in [2.45, 2.75) is 6.92 Å². The van der Waals surface area contributed by atoms with E-state index < -0.39 is 0 Å². The maximum atomic E-state index is 4.72. The summed E-state index contributed by atoms with van der Waals surface area (Å²) in [6.07, 6.45) is 7.32. The van der Waals surface area contributed by atoms with Gasteiger partial charge >= 0.3 is 0 Å². The molecule has 4 heteroatoms. The second kappa shape index (κ2) is 7.61. The lowest BCUT2D eigenvalue weighted by molar-refractivity contribution is 1.08. The van der Waals surface area contributed by atoms with Crippen LogP contribution in [0.1, 0.15) is 6.92 Å². The zero-order chi connectivity index (χ0) is 22.4. The Bertz CT molecular complexity index is 1730. The van der Waals surface area contributed by atoms with Crippen LogP contribution in [0.15, 0.2) is 109 Å². The molecule has 0 amide bonds. The van der Waals surface area contributed by atoms with Crippen LogP contribution in [0.4, 0.5) is 0 Å². The predicted molar refractivity (Wildman–Crippen MR) is 140 cm³/mol. The van der Waals surface area contributed by atoms with Crippen LogP contribution < -0.4 is 0 Å². The van der Waals surface area contributed by atoms with Crippen molar-refractivity contribution in [3.05, 3.63) is 104 Å². The van der Waals surface area contributed by atoms with Gasteiger partial charge in [0.15, 0.2) is 0 Å². The summed E-state index contributed by atoms with van der Waals surface area (Å²) in [4.78, 5) is 9.39. The van der Waals surface area contributed by atoms with E-state index in [1.165, 1.54) is 21.5 Å². The van der Waals surface area contributed by atoms with Gasteiger partial charge in [0.1, 0.15) is 11.6 Å². The average molecular weight is 427 g/mol. The molecular weight excluding hydrogens is 404 g/mol. The molecule has 33 heavy (non-hydrogen) atoms. The van der Waals surface area contributed by atoms with Crippen LogP contribution in [-0.4, -0.2) is 20.3 Å². The second-order valence-corrected chi connectivity index (χ2v) is 7.91. The van der Waals surface area contributed by atoms with Crippen molar-refractivity contribution >= 4 is 55.6 Å². The lowest BCUT2D eigenvalue weighted by Gasteiger charge is -2.09. The highest BCUT2D eigenvalue weighted by atomic mass is 15.1. The van der Waals surface area contributed by atoms with E-state index >= 15 is 0 Å². The first-order valence-electron chi connectivity index (χ1n) is 11.0. The van der Waals surface area contributed by atoms with E-state index in [-0.39, 0.29) is 0 Å². The van der Waals surface area contributed by atoms with Crippen LogP contribution in [0.2, 0.25) is 0 Å². The van der Waals surface area contributed by atoms with Gasteiger partial charge in [-0.2, -0.15) is 0 Å². The number of nitrogens with zero attached hydrogens (tertiary/aromatic N) is 4. The molecule has 3 aromatic heterocycles. The lowest BCUT2D eigenvalue weighted by atomic mass is 10.1. The zero-order valence-corrected chi connectivity index (χ0v) is 18.3. The summed E-state index contributed by atoms with van der Waals surface area (Å²) in [5, 5.41) is 4.81. The van der Waals surface area contributed by atoms with Crippen molar-refractivity contribution in [3.8, 4) is 5.82 Å². The number of hydrogen-bond acceptors (Lipinski definition) is 2. The topological polar surface area (TPSA) is 35.1 Å². The Kier molecular flexibility index (Phi) is 4.44. The molecule has 0 saturated carbocycles. The van der Waals surface area contributed by atoms with Crippen LogP contribution in [-0.2, 0) is 0 Å². The number of para-hydroxylation sites is 2. The molecule has 0 bridgehead atoms. The van der Waals surface area contributed by atoms with Gasteiger partial charge < -0.3 is 0 Å². The molecule has 0 saturated heterocycles. The number of fused-ring (bicyclic) bond motifs is 7. The molecule has 158 valence electrons. The minimum absolute atomic E-state index is 0.862. The Morgan fingerprint density at radius 2 is 1.58 bits per heavy atom. The number of pyridine rings is 1. The van der Waals surface area contributed by atoms with Crippen molar-refractivity contribution in [1.82, 2.24) is 14.1 Å². The molecule has 6 aromatic rings. The molecule has 0 unspecified atom stereocenters. The fourth-order valence-corrected chi connectivity index (χ4v) is 4.87. The Balaban J connectivity index is 1.88. The number of rotatable bonds is 4. The molecule has 3 heterocycles. The summed E-state index contributed by atoms with van der Waals surface area (Å²) in [5.41, 5.74) is 4.53. The van der Waals surface area contributed by atoms with Gasteiger partial charge in [-0.1, -0.05) is 61.2 Å². The largest absolute Gasteiger partial charge is 0.294 e. The first-order chi connectivity index (χ1) is 16.3. The normalized spacial score (nSPS) is 12.6. The lowest BCUT2D eigenvalue weighted by Crippen LogP contribution is -1.97. The molecular formula is C29H22N4. The summed E-state index contributed by atoms with van der Waals surface area (Å²) < 4.78 is 4.51. The minimum Gasteiger partial charge on any atom is -0.294 e. The van der Waals surface area contributed by atoms with Gasteiger partial charge in [0.05, 0.1) is 22.1 Å². The Hall–Kier alpha value is -4.44. The first-order valence-corrected chi connectivity index (χ1v) is 11.0. The average Bonchev–Trinajstić information content (AvgIpc) is 3.38. The quantitative estimate of drug-likeness (QED) is 0.271. The van der Waals surface area contributed by atoms with E-state index in [2.05, 4.69) is 87.4 Å². The number of aromatic nitrogens is 3. The molecule has 0 spiro atoms. The highest BCUT2D eigenvalue weighted by Crippen LogP contribution is 2.41. The smallest absolute Gasteiger partial charge is 0.137 e. The van der Waals surface area contributed by atoms with Gasteiger partial charge in [-0.15, -0.1) is 0 Å². The van der Waals surface area contributed by atoms with Crippen LogP contribution in [0.25, 0.3) is 55.3 Å². The van der Waals surface area contributed by atoms with Crippen LogP contribution in [0, 0.1) is 0 Å². The van der Waals surface area contributed by atoms with E-state index in [4.69, 9.17) is 4.98 Å². The fourth-order valence-electron chi connectivity index (χ4n) is 4.87. The summed E-state index contributed by atoms with van der Waals surface area (Å²) in [5.74, 6) is 1.77. The Morgan fingerprint density at radius 3 is 2.33 bits per heavy atom. The van der Waals surface area contributed by atoms with Crippen molar-refractivity contribution in [3.63, 3.8) is 0 Å². The van der Waals surface area contributed by atoms with Gasteiger partial charge in [-0.3, -0.25) is 9.13 Å². The number of allylic oxidation sites excluding steroid dienone is 2. The van der Waals surface area contributed by atoms with Crippen molar-refractivity contribution in [2.75, 3.05) is 0 Å². The molecule has 4 nitrogen and oxygen atoms in total. The first kappa shape index (κ1) is 19.3. The summed E-state index contributed by atoms with van der Waals surface area (Å²) in [6, 6.07) is 27.5. The van der Waals surface area contributed by atoms with Gasteiger partial charge in [-0.05, 0) is 43.3 Å². The van der Waals surface area contributed by atoms with Gasteiger partial charge in [0.2, 0.25) is 0 Å². The molecule has 0 aliphatic rings. The van der Waals surface area contributed by atoms with E-state index in [1.54, 1.807) is 12.3 Å². The number of hydrogen-bond donors (Lipinski definition) is 0. The third kappa shape index (κ3) is 2.77. The van der Waals surface area contributed by atoms with Crippen molar-refractivity contribution < 1.29 is 0 Å². The van der Waals surface area contributed by atoms with Crippen molar-refractivity contribution in [1.29, 1.82) is 0 Å². The van der Waals surface area contributed by atoms with E-state index in [1.807, 2.05) is 31.3 Å². The highest BCUT2D eigenvalue weighted by Gasteiger charge is 2.20. The van der Waals surface area contributed by atoms with Crippen LogP contribution in [0.5, 0.6) is 0 Å². The van der Waals surface area contributed by atoms with Crippen LogP contribution in [0.3, 0.4) is 0 Å². The van der Waals surface area contributed by atoms with E-state index in [9.17, 15) is 0 Å².